The SMILES string of the molecule is COc1c(C)cnc(CN2CCCCC2CO)c1C. The van der Waals surface area contributed by atoms with Crippen LogP contribution in [-0.4, -0.2) is 41.3 Å². The van der Waals surface area contributed by atoms with Crippen molar-refractivity contribution in [3.05, 3.63) is 23.0 Å². The quantitative estimate of drug-likeness (QED) is 0.904. The summed E-state index contributed by atoms with van der Waals surface area (Å²) in [6.45, 7) is 6.16. The summed E-state index contributed by atoms with van der Waals surface area (Å²) in [5, 5.41) is 9.47. The summed E-state index contributed by atoms with van der Waals surface area (Å²) in [7, 11) is 1.70. The van der Waals surface area contributed by atoms with Crippen molar-refractivity contribution in [2.75, 3.05) is 20.3 Å². The summed E-state index contributed by atoms with van der Waals surface area (Å²) in [4.78, 5) is 6.89. The summed E-state index contributed by atoms with van der Waals surface area (Å²) < 4.78 is 5.45. The average Bonchev–Trinajstić information content (AvgIpc) is 2.43. The molecule has 0 saturated carbocycles. The fourth-order valence-corrected chi connectivity index (χ4v) is 2.90. The van der Waals surface area contributed by atoms with E-state index in [0.29, 0.717) is 0 Å². The van der Waals surface area contributed by atoms with Crippen LogP contribution in [0.25, 0.3) is 0 Å². The van der Waals surface area contributed by atoms with Crippen LogP contribution in [0.3, 0.4) is 0 Å². The summed E-state index contributed by atoms with van der Waals surface area (Å²) >= 11 is 0. The number of nitrogens with zero attached hydrogens (tertiary/aromatic N) is 2. The van der Waals surface area contributed by atoms with Crippen LogP contribution in [0.1, 0.15) is 36.1 Å². The van der Waals surface area contributed by atoms with Gasteiger partial charge < -0.3 is 9.84 Å². The van der Waals surface area contributed by atoms with E-state index < -0.39 is 0 Å². The van der Waals surface area contributed by atoms with Gasteiger partial charge in [-0.3, -0.25) is 9.88 Å². The van der Waals surface area contributed by atoms with Crippen molar-refractivity contribution in [1.29, 1.82) is 0 Å². The number of aryl methyl sites for hydroxylation is 1. The van der Waals surface area contributed by atoms with Crippen molar-refractivity contribution >= 4 is 0 Å². The highest BCUT2D eigenvalue weighted by molar-refractivity contribution is 5.41. The standard InChI is InChI=1S/C15H24N2O2/c1-11-8-16-14(12(2)15(11)19-3)9-17-7-5-4-6-13(17)10-18/h8,13,18H,4-7,9-10H2,1-3H3. The van der Waals surface area contributed by atoms with Crippen LogP contribution in [0.5, 0.6) is 5.75 Å². The number of rotatable bonds is 4. The third-order valence-corrected chi connectivity index (χ3v) is 4.06. The summed E-state index contributed by atoms with van der Waals surface area (Å²) in [5.41, 5.74) is 3.24. The summed E-state index contributed by atoms with van der Waals surface area (Å²) in [6, 6.07) is 0.280. The fourth-order valence-electron chi connectivity index (χ4n) is 2.90. The van der Waals surface area contributed by atoms with E-state index in [1.807, 2.05) is 13.1 Å². The Morgan fingerprint density at radius 3 is 2.89 bits per heavy atom. The van der Waals surface area contributed by atoms with Crippen LogP contribution in [0.15, 0.2) is 6.20 Å². The van der Waals surface area contributed by atoms with Gasteiger partial charge in [0.1, 0.15) is 5.75 Å². The second-order valence-corrected chi connectivity index (χ2v) is 5.35. The van der Waals surface area contributed by atoms with Crippen LogP contribution in [0.2, 0.25) is 0 Å². The third-order valence-electron chi connectivity index (χ3n) is 4.06. The van der Waals surface area contributed by atoms with Crippen LogP contribution >= 0.6 is 0 Å². The Morgan fingerprint density at radius 1 is 1.42 bits per heavy atom. The molecule has 1 saturated heterocycles. The number of likely N-dealkylation sites (tertiary alicyclic amines) is 1. The van der Waals surface area contributed by atoms with E-state index in [1.54, 1.807) is 7.11 Å². The van der Waals surface area contributed by atoms with Gasteiger partial charge in [0.25, 0.3) is 0 Å². The van der Waals surface area contributed by atoms with E-state index in [-0.39, 0.29) is 12.6 Å². The number of hydrogen-bond acceptors (Lipinski definition) is 4. The number of aromatic nitrogens is 1. The zero-order chi connectivity index (χ0) is 13.8. The highest BCUT2D eigenvalue weighted by atomic mass is 16.5. The van der Waals surface area contributed by atoms with E-state index in [1.165, 1.54) is 12.8 Å². The van der Waals surface area contributed by atoms with Crippen LogP contribution < -0.4 is 4.74 Å². The normalized spacial score (nSPS) is 20.5. The molecule has 0 radical (unpaired) electrons. The number of aliphatic hydroxyl groups excluding tert-OH is 1. The fraction of sp³-hybridized carbons (Fsp3) is 0.667. The molecular formula is C15H24N2O2. The Labute approximate surface area is 115 Å². The van der Waals surface area contributed by atoms with Gasteiger partial charge in [-0.05, 0) is 33.2 Å². The number of piperidine rings is 1. The minimum absolute atomic E-state index is 0.238. The molecule has 0 spiro atoms. The van der Waals surface area contributed by atoms with Crippen molar-refractivity contribution in [3.63, 3.8) is 0 Å². The largest absolute Gasteiger partial charge is 0.496 e. The van der Waals surface area contributed by atoms with Crippen molar-refractivity contribution in [2.24, 2.45) is 0 Å². The van der Waals surface area contributed by atoms with Gasteiger partial charge in [-0.2, -0.15) is 0 Å². The van der Waals surface area contributed by atoms with Gasteiger partial charge in [0.05, 0.1) is 19.4 Å². The second-order valence-electron chi connectivity index (χ2n) is 5.35. The van der Waals surface area contributed by atoms with Gasteiger partial charge in [0.2, 0.25) is 0 Å². The zero-order valence-corrected chi connectivity index (χ0v) is 12.1. The third kappa shape index (κ3) is 3.07. The van der Waals surface area contributed by atoms with Gasteiger partial charge >= 0.3 is 0 Å². The van der Waals surface area contributed by atoms with Crippen molar-refractivity contribution < 1.29 is 9.84 Å². The molecule has 106 valence electrons. The lowest BCUT2D eigenvalue weighted by Crippen LogP contribution is -2.41. The average molecular weight is 264 g/mol. The molecule has 1 N–H and O–H groups in total. The molecule has 1 atom stereocenters. The number of aliphatic hydroxyl groups is 1. The molecule has 2 heterocycles. The highest BCUT2D eigenvalue weighted by Gasteiger charge is 2.23. The lowest BCUT2D eigenvalue weighted by molar-refractivity contribution is 0.0828. The number of hydrogen-bond donors (Lipinski definition) is 1. The molecule has 1 aromatic rings. The van der Waals surface area contributed by atoms with Gasteiger partial charge in [-0.15, -0.1) is 0 Å². The van der Waals surface area contributed by atoms with Gasteiger partial charge in [0, 0.05) is 29.9 Å². The molecule has 1 unspecified atom stereocenters. The van der Waals surface area contributed by atoms with Gasteiger partial charge in [-0.1, -0.05) is 6.42 Å². The summed E-state index contributed by atoms with van der Waals surface area (Å²) in [6.07, 6.45) is 5.38. The molecule has 1 aromatic heterocycles. The molecule has 1 aliphatic heterocycles. The lowest BCUT2D eigenvalue weighted by atomic mass is 10.0. The van der Waals surface area contributed by atoms with Crippen LogP contribution in [0, 0.1) is 13.8 Å². The smallest absolute Gasteiger partial charge is 0.128 e. The summed E-state index contributed by atoms with van der Waals surface area (Å²) in [5.74, 6) is 0.933. The Bertz CT molecular complexity index is 434. The van der Waals surface area contributed by atoms with Crippen molar-refractivity contribution in [1.82, 2.24) is 9.88 Å². The lowest BCUT2D eigenvalue weighted by Gasteiger charge is -2.34. The van der Waals surface area contributed by atoms with Crippen molar-refractivity contribution in [3.8, 4) is 5.75 Å². The van der Waals surface area contributed by atoms with E-state index in [0.717, 1.165) is 42.1 Å². The Hall–Kier alpha value is -1.13. The minimum Gasteiger partial charge on any atom is -0.496 e. The van der Waals surface area contributed by atoms with Crippen LogP contribution in [0.4, 0.5) is 0 Å². The molecule has 1 fully saturated rings. The molecule has 0 aromatic carbocycles. The van der Waals surface area contributed by atoms with E-state index in [9.17, 15) is 5.11 Å². The second kappa shape index (κ2) is 6.35. The topological polar surface area (TPSA) is 45.6 Å². The Kier molecular flexibility index (Phi) is 4.77. The number of methoxy groups -OCH3 is 1. The monoisotopic (exact) mass is 264 g/mol. The maximum absolute atomic E-state index is 9.47. The maximum Gasteiger partial charge on any atom is 0.128 e. The van der Waals surface area contributed by atoms with Crippen LogP contribution in [-0.2, 0) is 6.54 Å². The van der Waals surface area contributed by atoms with E-state index >= 15 is 0 Å². The number of ether oxygens (including phenoxy) is 1. The molecule has 4 nitrogen and oxygen atoms in total. The Balaban J connectivity index is 2.18. The maximum atomic E-state index is 9.47. The highest BCUT2D eigenvalue weighted by Crippen LogP contribution is 2.26. The molecule has 19 heavy (non-hydrogen) atoms. The first kappa shape index (κ1) is 14.3. The molecular weight excluding hydrogens is 240 g/mol. The number of pyridine rings is 1. The Morgan fingerprint density at radius 2 is 2.21 bits per heavy atom. The van der Waals surface area contributed by atoms with Gasteiger partial charge in [-0.25, -0.2) is 0 Å². The first-order valence-corrected chi connectivity index (χ1v) is 7.01. The first-order valence-electron chi connectivity index (χ1n) is 7.01. The molecule has 0 aliphatic carbocycles. The molecule has 2 rings (SSSR count). The molecule has 1 aliphatic rings. The zero-order valence-electron chi connectivity index (χ0n) is 12.1. The van der Waals surface area contributed by atoms with E-state index in [4.69, 9.17) is 4.74 Å². The molecule has 0 bridgehead atoms. The predicted octanol–water partition coefficient (Wildman–Crippen LogP) is 2.05. The minimum atomic E-state index is 0.238. The van der Waals surface area contributed by atoms with Gasteiger partial charge in [0.15, 0.2) is 0 Å². The molecule has 4 heteroatoms. The van der Waals surface area contributed by atoms with E-state index in [2.05, 4.69) is 16.8 Å². The van der Waals surface area contributed by atoms with Crippen molar-refractivity contribution in [2.45, 2.75) is 45.7 Å². The predicted molar refractivity (Wildman–Crippen MR) is 75.4 cm³/mol. The molecule has 0 amide bonds. The first-order chi connectivity index (χ1) is 9.17.